The Balaban J connectivity index is 1.96. The van der Waals surface area contributed by atoms with Crippen molar-refractivity contribution in [2.75, 3.05) is 6.26 Å². The van der Waals surface area contributed by atoms with Crippen LogP contribution in [0.15, 0.2) is 29.2 Å². The van der Waals surface area contributed by atoms with Crippen LogP contribution in [0.1, 0.15) is 31.2 Å². The van der Waals surface area contributed by atoms with Crippen LogP contribution in [0, 0.1) is 0 Å². The first-order valence-corrected chi connectivity index (χ1v) is 7.86. The zero-order valence-electron chi connectivity index (χ0n) is 9.94. The molecule has 3 rings (SSSR count). The maximum atomic E-state index is 11.4. The molecule has 3 nitrogen and oxygen atoms in total. The Bertz CT molecular complexity index is 552. The quantitative estimate of drug-likeness (QED) is 0.888. The highest BCUT2D eigenvalue weighted by atomic mass is 32.2. The summed E-state index contributed by atoms with van der Waals surface area (Å²) in [5, 5.41) is 0. The summed E-state index contributed by atoms with van der Waals surface area (Å²) in [6.45, 7) is 0. The maximum Gasteiger partial charge on any atom is 0.175 e. The third kappa shape index (κ3) is 1.62. The minimum Gasteiger partial charge on any atom is -0.324 e. The van der Waals surface area contributed by atoms with E-state index in [-0.39, 0.29) is 11.0 Å². The predicted molar refractivity (Wildman–Crippen MR) is 66.6 cm³/mol. The lowest BCUT2D eigenvalue weighted by atomic mass is 9.86. The molecule has 0 amide bonds. The predicted octanol–water partition coefficient (Wildman–Crippen LogP) is 1.61. The van der Waals surface area contributed by atoms with Gasteiger partial charge in [0.05, 0.1) is 4.90 Å². The van der Waals surface area contributed by atoms with E-state index < -0.39 is 9.84 Å². The highest BCUT2D eigenvalue weighted by Gasteiger charge is 2.63. The van der Waals surface area contributed by atoms with E-state index in [2.05, 4.69) is 0 Å². The van der Waals surface area contributed by atoms with Crippen LogP contribution < -0.4 is 5.73 Å². The number of rotatable bonds is 3. The lowest BCUT2D eigenvalue weighted by Crippen LogP contribution is -2.37. The molecule has 0 saturated heterocycles. The normalized spacial score (nSPS) is 24.4. The topological polar surface area (TPSA) is 60.2 Å². The van der Waals surface area contributed by atoms with Gasteiger partial charge in [0.2, 0.25) is 0 Å². The molecule has 2 fully saturated rings. The fourth-order valence-corrected chi connectivity index (χ4v) is 3.46. The van der Waals surface area contributed by atoms with Crippen molar-refractivity contribution in [2.24, 2.45) is 5.73 Å². The molecule has 0 radical (unpaired) electrons. The molecule has 2 aliphatic rings. The summed E-state index contributed by atoms with van der Waals surface area (Å²) in [4.78, 5) is 0.388. The zero-order chi connectivity index (χ0) is 12.3. The second kappa shape index (κ2) is 3.12. The van der Waals surface area contributed by atoms with Crippen LogP contribution in [0.25, 0.3) is 0 Å². The summed E-state index contributed by atoms with van der Waals surface area (Å²) in [5.74, 6) is 0. The summed E-state index contributed by atoms with van der Waals surface area (Å²) >= 11 is 0. The molecule has 1 aromatic carbocycles. The highest BCUT2D eigenvalue weighted by Crippen LogP contribution is 2.63. The fourth-order valence-electron chi connectivity index (χ4n) is 2.83. The van der Waals surface area contributed by atoms with Crippen LogP contribution in [0.2, 0.25) is 0 Å². The molecule has 0 bridgehead atoms. The Morgan fingerprint density at radius 3 is 1.94 bits per heavy atom. The zero-order valence-corrected chi connectivity index (χ0v) is 10.8. The van der Waals surface area contributed by atoms with Crippen molar-refractivity contribution in [3.63, 3.8) is 0 Å². The van der Waals surface area contributed by atoms with Gasteiger partial charge < -0.3 is 5.73 Å². The molecule has 4 heteroatoms. The average molecular weight is 251 g/mol. The van der Waals surface area contributed by atoms with Gasteiger partial charge in [-0.3, -0.25) is 0 Å². The van der Waals surface area contributed by atoms with Gasteiger partial charge >= 0.3 is 0 Å². The molecular formula is C13H17NO2S. The lowest BCUT2D eigenvalue weighted by Gasteiger charge is -2.23. The monoisotopic (exact) mass is 251 g/mol. The first-order valence-electron chi connectivity index (χ1n) is 5.97. The van der Waals surface area contributed by atoms with E-state index in [9.17, 15) is 8.42 Å². The molecule has 0 aromatic heterocycles. The van der Waals surface area contributed by atoms with Crippen molar-refractivity contribution in [2.45, 2.75) is 41.5 Å². The van der Waals surface area contributed by atoms with Gasteiger partial charge in [-0.15, -0.1) is 0 Å². The Hall–Kier alpha value is -0.870. The van der Waals surface area contributed by atoms with Crippen LogP contribution in [0.4, 0.5) is 0 Å². The molecule has 1 aromatic rings. The molecule has 2 saturated carbocycles. The van der Waals surface area contributed by atoms with E-state index >= 15 is 0 Å². The minimum absolute atomic E-state index is 0.0143. The van der Waals surface area contributed by atoms with Crippen molar-refractivity contribution in [3.05, 3.63) is 29.8 Å². The van der Waals surface area contributed by atoms with Crippen LogP contribution in [0.3, 0.4) is 0 Å². The van der Waals surface area contributed by atoms with Gasteiger partial charge in [-0.1, -0.05) is 12.1 Å². The second-order valence-electron chi connectivity index (χ2n) is 5.53. The van der Waals surface area contributed by atoms with Gasteiger partial charge in [-0.05, 0) is 43.4 Å². The van der Waals surface area contributed by atoms with Crippen molar-refractivity contribution in [1.29, 1.82) is 0 Å². The van der Waals surface area contributed by atoms with Crippen LogP contribution >= 0.6 is 0 Å². The average Bonchev–Trinajstić information content (AvgIpc) is 3.12. The van der Waals surface area contributed by atoms with Gasteiger partial charge in [0.15, 0.2) is 9.84 Å². The van der Waals surface area contributed by atoms with Gasteiger partial charge in [0.25, 0.3) is 0 Å². The molecule has 0 atom stereocenters. The summed E-state index contributed by atoms with van der Waals surface area (Å²) < 4.78 is 22.8. The molecule has 2 N–H and O–H groups in total. The Morgan fingerprint density at radius 2 is 1.59 bits per heavy atom. The molecular weight excluding hydrogens is 234 g/mol. The third-order valence-corrected chi connectivity index (χ3v) is 5.46. The van der Waals surface area contributed by atoms with Crippen molar-refractivity contribution in [3.8, 4) is 0 Å². The first kappa shape index (κ1) is 11.2. The first-order chi connectivity index (χ1) is 7.87. The van der Waals surface area contributed by atoms with Crippen LogP contribution in [0.5, 0.6) is 0 Å². The maximum absolute atomic E-state index is 11.4. The lowest BCUT2D eigenvalue weighted by molar-refractivity contribution is 0.503. The minimum atomic E-state index is -3.10. The third-order valence-electron chi connectivity index (χ3n) is 4.33. The Labute approximate surface area is 102 Å². The van der Waals surface area contributed by atoms with E-state index in [1.807, 2.05) is 12.1 Å². The SMILES string of the molecule is CS(=O)(=O)c1ccc(C2(C3(N)CC3)CC2)cc1. The molecule has 0 unspecified atom stereocenters. The van der Waals surface area contributed by atoms with E-state index in [0.29, 0.717) is 4.90 Å². The Morgan fingerprint density at radius 1 is 1.06 bits per heavy atom. The number of sulfone groups is 1. The molecule has 92 valence electrons. The van der Waals surface area contributed by atoms with E-state index in [0.717, 1.165) is 25.7 Å². The number of hydrogen-bond acceptors (Lipinski definition) is 3. The van der Waals surface area contributed by atoms with Gasteiger partial charge in [-0.2, -0.15) is 0 Å². The molecule has 0 aliphatic heterocycles. The van der Waals surface area contributed by atoms with Crippen molar-refractivity contribution in [1.82, 2.24) is 0 Å². The number of benzene rings is 1. The number of nitrogens with two attached hydrogens (primary N) is 1. The van der Waals surface area contributed by atoms with E-state index in [4.69, 9.17) is 5.73 Å². The standard InChI is InChI=1S/C13H17NO2S/c1-17(15,16)11-4-2-10(3-5-11)12(6-7-12)13(14)8-9-13/h2-5H,6-9,14H2,1H3. The Kier molecular flexibility index (Phi) is 2.06. The fraction of sp³-hybridized carbons (Fsp3) is 0.538. The van der Waals surface area contributed by atoms with Crippen LogP contribution in [-0.4, -0.2) is 20.2 Å². The number of hydrogen-bond donors (Lipinski definition) is 1. The molecule has 0 heterocycles. The summed E-state index contributed by atoms with van der Waals surface area (Å²) in [7, 11) is -3.10. The molecule has 0 spiro atoms. The highest BCUT2D eigenvalue weighted by molar-refractivity contribution is 7.90. The van der Waals surface area contributed by atoms with Crippen molar-refractivity contribution < 1.29 is 8.42 Å². The molecule has 17 heavy (non-hydrogen) atoms. The van der Waals surface area contributed by atoms with E-state index in [1.54, 1.807) is 12.1 Å². The second-order valence-corrected chi connectivity index (χ2v) is 7.55. The smallest absolute Gasteiger partial charge is 0.175 e. The largest absolute Gasteiger partial charge is 0.324 e. The van der Waals surface area contributed by atoms with Gasteiger partial charge in [-0.25, -0.2) is 8.42 Å². The molecule has 2 aliphatic carbocycles. The summed E-state index contributed by atoms with van der Waals surface area (Å²) in [6.07, 6.45) is 5.71. The van der Waals surface area contributed by atoms with Gasteiger partial charge in [0, 0.05) is 17.2 Å². The van der Waals surface area contributed by atoms with Crippen LogP contribution in [-0.2, 0) is 15.3 Å². The van der Waals surface area contributed by atoms with Gasteiger partial charge in [0.1, 0.15) is 0 Å². The summed E-state index contributed by atoms with van der Waals surface area (Å²) in [5.41, 5.74) is 7.66. The summed E-state index contributed by atoms with van der Waals surface area (Å²) in [6, 6.07) is 7.29. The van der Waals surface area contributed by atoms with Crippen molar-refractivity contribution >= 4 is 9.84 Å². The van der Waals surface area contributed by atoms with E-state index in [1.165, 1.54) is 11.8 Å².